The second kappa shape index (κ2) is 11.2. The second-order valence-electron chi connectivity index (χ2n) is 7.12. The summed E-state index contributed by atoms with van der Waals surface area (Å²) in [7, 11) is 0. The van der Waals surface area contributed by atoms with Gasteiger partial charge in [-0.15, -0.1) is 11.3 Å². The normalized spacial score (nSPS) is 13.3. The number of carbonyl (C=O) groups is 4. The maximum Gasteiger partial charge on any atom is 0.308 e. The van der Waals surface area contributed by atoms with Crippen molar-refractivity contribution in [2.75, 3.05) is 39.3 Å². The first-order chi connectivity index (χ1) is 15.8. The molecule has 0 bridgehead atoms. The highest BCUT2D eigenvalue weighted by molar-refractivity contribution is 7.12. The molecule has 1 aliphatic heterocycles. The van der Waals surface area contributed by atoms with E-state index in [2.05, 4.69) is 5.32 Å². The van der Waals surface area contributed by atoms with Gasteiger partial charge in [0.2, 0.25) is 0 Å². The van der Waals surface area contributed by atoms with Crippen molar-refractivity contribution in [3.63, 3.8) is 0 Å². The number of hydrogen-bond acceptors (Lipinski definition) is 8. The molecule has 0 radical (unpaired) electrons. The third-order valence-electron chi connectivity index (χ3n) is 4.96. The first kappa shape index (κ1) is 23.9. The Hall–Kier alpha value is -3.80. The summed E-state index contributed by atoms with van der Waals surface area (Å²) in [6.45, 7) is 1.12. The standard InChI is InChI=1S/C21H22N4O7S/c26-18(23-9-11-24(12-10-23)21(29)17-2-1-13-33-17)14-32-19(27)7-8-22-20(28)15-3-5-16(6-4-15)25(30)31/h1-6,13H,7-12,14H2,(H,22,28). The lowest BCUT2D eigenvalue weighted by Gasteiger charge is -2.34. The molecule has 3 rings (SSSR count). The van der Waals surface area contributed by atoms with Crippen molar-refractivity contribution in [3.05, 3.63) is 62.3 Å². The Bertz CT molecular complexity index is 1020. The van der Waals surface area contributed by atoms with E-state index in [-0.39, 0.29) is 36.0 Å². The lowest BCUT2D eigenvalue weighted by atomic mass is 10.2. The zero-order valence-corrected chi connectivity index (χ0v) is 18.4. The van der Waals surface area contributed by atoms with Crippen LogP contribution in [-0.4, -0.2) is 77.7 Å². The monoisotopic (exact) mass is 474 g/mol. The van der Waals surface area contributed by atoms with E-state index < -0.39 is 23.4 Å². The average Bonchev–Trinajstić information content (AvgIpc) is 3.37. The topological polar surface area (TPSA) is 139 Å². The number of thiophene rings is 1. The minimum atomic E-state index is -0.640. The fourth-order valence-electron chi connectivity index (χ4n) is 3.14. The fraction of sp³-hybridized carbons (Fsp3) is 0.333. The maximum absolute atomic E-state index is 12.3. The molecule has 1 saturated heterocycles. The number of nitrogens with one attached hydrogen (secondary N) is 1. The molecule has 1 aliphatic rings. The fourth-order valence-corrected chi connectivity index (χ4v) is 3.83. The second-order valence-corrected chi connectivity index (χ2v) is 8.07. The van der Waals surface area contributed by atoms with Gasteiger partial charge in [0, 0.05) is 50.4 Å². The highest BCUT2D eigenvalue weighted by atomic mass is 32.1. The summed E-state index contributed by atoms with van der Waals surface area (Å²) in [6.07, 6.45) is -0.130. The van der Waals surface area contributed by atoms with Gasteiger partial charge in [0.1, 0.15) is 0 Å². The molecular formula is C21H22N4O7S. The molecule has 174 valence electrons. The van der Waals surface area contributed by atoms with Crippen molar-refractivity contribution in [3.8, 4) is 0 Å². The smallest absolute Gasteiger partial charge is 0.308 e. The number of carbonyl (C=O) groups excluding carboxylic acids is 4. The number of ether oxygens (including phenoxy) is 1. The Morgan fingerprint density at radius 1 is 1.03 bits per heavy atom. The molecular weight excluding hydrogens is 452 g/mol. The van der Waals surface area contributed by atoms with Crippen molar-refractivity contribution < 1.29 is 28.8 Å². The first-order valence-electron chi connectivity index (χ1n) is 10.1. The molecule has 1 aromatic carbocycles. The third-order valence-corrected chi connectivity index (χ3v) is 5.82. The van der Waals surface area contributed by atoms with Crippen LogP contribution < -0.4 is 5.32 Å². The van der Waals surface area contributed by atoms with E-state index in [4.69, 9.17) is 4.74 Å². The van der Waals surface area contributed by atoms with Gasteiger partial charge in [0.15, 0.2) is 6.61 Å². The van der Waals surface area contributed by atoms with Gasteiger partial charge in [-0.2, -0.15) is 0 Å². The lowest BCUT2D eigenvalue weighted by molar-refractivity contribution is -0.384. The Labute approximate surface area is 193 Å². The largest absolute Gasteiger partial charge is 0.456 e. The summed E-state index contributed by atoms with van der Waals surface area (Å²) >= 11 is 1.37. The molecule has 3 amide bonds. The van der Waals surface area contributed by atoms with Gasteiger partial charge in [0.25, 0.3) is 23.4 Å². The molecule has 33 heavy (non-hydrogen) atoms. The summed E-state index contributed by atoms with van der Waals surface area (Å²) in [5.74, 6) is -1.52. The van der Waals surface area contributed by atoms with Crippen LogP contribution in [0.2, 0.25) is 0 Å². The van der Waals surface area contributed by atoms with Crippen molar-refractivity contribution >= 4 is 40.7 Å². The van der Waals surface area contributed by atoms with E-state index in [1.165, 1.54) is 35.6 Å². The van der Waals surface area contributed by atoms with E-state index in [9.17, 15) is 29.3 Å². The molecule has 2 heterocycles. The number of esters is 1. The summed E-state index contributed by atoms with van der Waals surface area (Å²) in [5.41, 5.74) is 0.0937. The molecule has 1 aromatic heterocycles. The Morgan fingerprint density at radius 3 is 2.30 bits per heavy atom. The number of rotatable bonds is 8. The van der Waals surface area contributed by atoms with E-state index in [0.717, 1.165) is 0 Å². The molecule has 11 nitrogen and oxygen atoms in total. The van der Waals surface area contributed by atoms with Crippen LogP contribution in [0.5, 0.6) is 0 Å². The van der Waals surface area contributed by atoms with Gasteiger partial charge < -0.3 is 19.9 Å². The molecule has 0 unspecified atom stereocenters. The van der Waals surface area contributed by atoms with E-state index >= 15 is 0 Å². The number of nitro groups is 1. The van der Waals surface area contributed by atoms with E-state index in [1.54, 1.807) is 15.9 Å². The Kier molecular flexibility index (Phi) is 8.08. The van der Waals surface area contributed by atoms with Gasteiger partial charge in [0.05, 0.1) is 16.2 Å². The number of nitro benzene ring substituents is 1. The van der Waals surface area contributed by atoms with Crippen LogP contribution in [0.25, 0.3) is 0 Å². The molecule has 12 heteroatoms. The van der Waals surface area contributed by atoms with E-state index in [1.807, 2.05) is 11.4 Å². The number of piperazine rings is 1. The average molecular weight is 474 g/mol. The Balaban J connectivity index is 1.32. The number of non-ortho nitro benzene ring substituents is 1. The molecule has 1 fully saturated rings. The Morgan fingerprint density at radius 2 is 1.70 bits per heavy atom. The number of amides is 3. The van der Waals surface area contributed by atoms with Gasteiger partial charge in [-0.25, -0.2) is 0 Å². The van der Waals surface area contributed by atoms with Crippen LogP contribution in [0.4, 0.5) is 5.69 Å². The molecule has 0 saturated carbocycles. The van der Waals surface area contributed by atoms with Crippen molar-refractivity contribution in [1.29, 1.82) is 0 Å². The van der Waals surface area contributed by atoms with Crippen LogP contribution in [0, 0.1) is 10.1 Å². The summed E-state index contributed by atoms with van der Waals surface area (Å²) in [4.78, 5) is 62.5. The number of hydrogen-bond donors (Lipinski definition) is 1. The maximum atomic E-state index is 12.3. The van der Waals surface area contributed by atoms with E-state index in [0.29, 0.717) is 31.1 Å². The number of benzene rings is 1. The SMILES string of the molecule is O=C(CCNC(=O)c1ccc([N+](=O)[O-])cc1)OCC(=O)N1CCN(C(=O)c2cccs2)CC1. The zero-order chi connectivity index (χ0) is 23.8. The van der Waals surface area contributed by atoms with Crippen LogP contribution in [-0.2, 0) is 14.3 Å². The highest BCUT2D eigenvalue weighted by Crippen LogP contribution is 2.14. The molecule has 0 atom stereocenters. The third kappa shape index (κ3) is 6.59. The van der Waals surface area contributed by atoms with Gasteiger partial charge in [-0.1, -0.05) is 6.07 Å². The predicted molar refractivity (Wildman–Crippen MR) is 118 cm³/mol. The van der Waals surface area contributed by atoms with Gasteiger partial charge >= 0.3 is 5.97 Å². The van der Waals surface area contributed by atoms with Gasteiger partial charge in [-0.3, -0.25) is 29.3 Å². The van der Waals surface area contributed by atoms with Crippen LogP contribution >= 0.6 is 11.3 Å². The molecule has 1 N–H and O–H groups in total. The predicted octanol–water partition coefficient (Wildman–Crippen LogP) is 1.30. The van der Waals surface area contributed by atoms with Crippen molar-refractivity contribution in [1.82, 2.24) is 15.1 Å². The first-order valence-corrected chi connectivity index (χ1v) is 11.0. The van der Waals surface area contributed by atoms with Crippen molar-refractivity contribution in [2.45, 2.75) is 6.42 Å². The number of nitrogens with zero attached hydrogens (tertiary/aromatic N) is 3. The molecule has 0 aliphatic carbocycles. The minimum absolute atomic E-state index is 0.00759. The van der Waals surface area contributed by atoms with Gasteiger partial charge in [-0.05, 0) is 23.6 Å². The highest BCUT2D eigenvalue weighted by Gasteiger charge is 2.25. The van der Waals surface area contributed by atoms with Crippen molar-refractivity contribution in [2.24, 2.45) is 0 Å². The minimum Gasteiger partial charge on any atom is -0.456 e. The van der Waals surface area contributed by atoms with Crippen LogP contribution in [0.1, 0.15) is 26.5 Å². The molecule has 0 spiro atoms. The van der Waals surface area contributed by atoms with Crippen LogP contribution in [0.3, 0.4) is 0 Å². The zero-order valence-electron chi connectivity index (χ0n) is 17.6. The quantitative estimate of drug-likeness (QED) is 0.346. The van der Waals surface area contributed by atoms with Crippen LogP contribution in [0.15, 0.2) is 41.8 Å². The lowest BCUT2D eigenvalue weighted by Crippen LogP contribution is -2.51. The summed E-state index contributed by atoms with van der Waals surface area (Å²) in [6, 6.07) is 8.64. The summed E-state index contributed by atoms with van der Waals surface area (Å²) < 4.78 is 4.98. The molecule has 2 aromatic rings. The summed E-state index contributed by atoms with van der Waals surface area (Å²) in [5, 5.41) is 15.0.